The summed E-state index contributed by atoms with van der Waals surface area (Å²) in [6.07, 6.45) is 4.02. The number of aliphatic hydroxyl groups excluding tert-OH is 1. The molecule has 21 heavy (non-hydrogen) atoms. The molecule has 2 N–H and O–H groups in total. The van der Waals surface area contributed by atoms with Gasteiger partial charge in [0.05, 0.1) is 28.5 Å². The third-order valence-corrected chi connectivity index (χ3v) is 4.82. The van der Waals surface area contributed by atoms with Gasteiger partial charge in [0.1, 0.15) is 0 Å². The number of amides is 1. The van der Waals surface area contributed by atoms with Crippen LogP contribution >= 0.6 is 11.3 Å². The van der Waals surface area contributed by atoms with Crippen LogP contribution in [0.4, 0.5) is 0 Å². The fourth-order valence-corrected chi connectivity index (χ4v) is 3.41. The fourth-order valence-electron chi connectivity index (χ4n) is 2.63. The number of aliphatic hydroxyl groups is 1. The normalized spacial score (nSPS) is 24.4. The minimum absolute atomic E-state index is 0.0311. The van der Waals surface area contributed by atoms with Crippen LogP contribution in [0.3, 0.4) is 0 Å². The van der Waals surface area contributed by atoms with Gasteiger partial charge in [0.2, 0.25) is 0 Å². The van der Waals surface area contributed by atoms with Crippen LogP contribution in [-0.4, -0.2) is 36.4 Å². The first-order valence-electron chi connectivity index (χ1n) is 7.40. The smallest absolute Gasteiger partial charge is 0.261 e. The van der Waals surface area contributed by atoms with Gasteiger partial charge in [-0.25, -0.2) is 0 Å². The molecule has 1 aromatic rings. The Labute approximate surface area is 128 Å². The van der Waals surface area contributed by atoms with Crippen LogP contribution in [0, 0.1) is 17.8 Å². The first kappa shape index (κ1) is 14.6. The number of thiophene rings is 1. The molecular weight excluding hydrogens is 286 g/mol. The van der Waals surface area contributed by atoms with E-state index in [0.29, 0.717) is 17.2 Å². The van der Waals surface area contributed by atoms with E-state index in [2.05, 4.69) is 17.2 Å². The van der Waals surface area contributed by atoms with E-state index < -0.39 is 0 Å². The number of carbonyl (C=O) groups is 1. The highest BCUT2D eigenvalue weighted by atomic mass is 32.1. The maximum Gasteiger partial charge on any atom is 0.261 e. The van der Waals surface area contributed by atoms with Crippen molar-refractivity contribution in [3.8, 4) is 11.8 Å². The minimum Gasteiger partial charge on any atom is -0.395 e. The summed E-state index contributed by atoms with van der Waals surface area (Å²) in [5, 5.41) is 11.8. The number of rotatable bonds is 4. The highest BCUT2D eigenvalue weighted by molar-refractivity contribution is 7.14. The summed E-state index contributed by atoms with van der Waals surface area (Å²) in [6.45, 7) is 0.810. The quantitative estimate of drug-likeness (QED) is 0.834. The third-order valence-electron chi connectivity index (χ3n) is 3.82. The Kier molecular flexibility index (Phi) is 4.59. The molecule has 0 bridgehead atoms. The zero-order chi connectivity index (χ0) is 14.7. The van der Waals surface area contributed by atoms with Gasteiger partial charge >= 0.3 is 0 Å². The summed E-state index contributed by atoms with van der Waals surface area (Å²) in [7, 11) is 0. The molecule has 2 heterocycles. The van der Waals surface area contributed by atoms with E-state index in [1.165, 1.54) is 24.2 Å². The summed E-state index contributed by atoms with van der Waals surface area (Å²) in [5.41, 5.74) is 0. The SMILES string of the molecule is O=C(NC1CCOC1C1CC1)c1ccc(C#CCCO)s1. The second-order valence-corrected chi connectivity index (χ2v) is 6.56. The standard InChI is InChI=1S/C16H19NO3S/c18-9-2-1-3-12-6-7-14(21-12)16(19)17-13-8-10-20-15(13)11-4-5-11/h6-7,11,13,15,18H,2,4-5,8-10H2,(H,17,19). The monoisotopic (exact) mass is 305 g/mol. The zero-order valence-corrected chi connectivity index (χ0v) is 12.6. The topological polar surface area (TPSA) is 58.6 Å². The molecule has 2 fully saturated rings. The summed E-state index contributed by atoms with van der Waals surface area (Å²) >= 11 is 1.39. The van der Waals surface area contributed by atoms with Crippen molar-refractivity contribution in [1.82, 2.24) is 5.32 Å². The largest absolute Gasteiger partial charge is 0.395 e. The summed E-state index contributed by atoms with van der Waals surface area (Å²) in [4.78, 5) is 13.8. The highest BCUT2D eigenvalue weighted by Crippen LogP contribution is 2.38. The van der Waals surface area contributed by atoms with E-state index in [9.17, 15) is 4.79 Å². The lowest BCUT2D eigenvalue weighted by molar-refractivity contribution is 0.0731. The lowest BCUT2D eigenvalue weighted by Gasteiger charge is -2.18. The van der Waals surface area contributed by atoms with Gasteiger partial charge in [-0.05, 0) is 37.3 Å². The Balaban J connectivity index is 1.59. The molecule has 5 heteroatoms. The molecule has 1 saturated carbocycles. The van der Waals surface area contributed by atoms with Gasteiger partial charge in [-0.1, -0.05) is 11.8 Å². The molecule has 2 unspecified atom stereocenters. The average molecular weight is 305 g/mol. The molecule has 0 radical (unpaired) electrons. The first-order chi connectivity index (χ1) is 10.3. The zero-order valence-electron chi connectivity index (χ0n) is 11.8. The van der Waals surface area contributed by atoms with Gasteiger partial charge in [-0.3, -0.25) is 4.79 Å². The van der Waals surface area contributed by atoms with Gasteiger partial charge < -0.3 is 15.2 Å². The van der Waals surface area contributed by atoms with Crippen LogP contribution in [0.25, 0.3) is 0 Å². The van der Waals surface area contributed by atoms with Crippen molar-refractivity contribution in [3.05, 3.63) is 21.9 Å². The Morgan fingerprint density at radius 1 is 1.43 bits per heavy atom. The average Bonchev–Trinajstić information content (AvgIpc) is 3.03. The molecule has 2 atom stereocenters. The Hall–Kier alpha value is -1.35. The number of nitrogens with one attached hydrogen (secondary N) is 1. The minimum atomic E-state index is -0.0311. The van der Waals surface area contributed by atoms with E-state index in [1.807, 2.05) is 12.1 Å². The van der Waals surface area contributed by atoms with Crippen molar-refractivity contribution >= 4 is 17.2 Å². The summed E-state index contributed by atoms with van der Waals surface area (Å²) in [5.74, 6) is 6.43. The first-order valence-corrected chi connectivity index (χ1v) is 8.21. The van der Waals surface area contributed by atoms with Gasteiger partial charge in [-0.2, -0.15) is 0 Å². The molecule has 112 valence electrons. The van der Waals surface area contributed by atoms with Crippen molar-refractivity contribution < 1.29 is 14.6 Å². The van der Waals surface area contributed by atoms with Crippen LogP contribution < -0.4 is 5.32 Å². The summed E-state index contributed by atoms with van der Waals surface area (Å²) < 4.78 is 5.74. The molecule has 4 nitrogen and oxygen atoms in total. The molecule has 1 aliphatic heterocycles. The number of hydrogen-bond donors (Lipinski definition) is 2. The molecule has 1 amide bonds. The molecule has 1 aromatic heterocycles. The van der Waals surface area contributed by atoms with Crippen LogP contribution in [0.15, 0.2) is 12.1 Å². The number of carbonyl (C=O) groups excluding carboxylic acids is 1. The van der Waals surface area contributed by atoms with Crippen molar-refractivity contribution in [2.75, 3.05) is 13.2 Å². The van der Waals surface area contributed by atoms with Crippen LogP contribution in [-0.2, 0) is 4.74 Å². The maximum absolute atomic E-state index is 12.3. The van der Waals surface area contributed by atoms with Crippen molar-refractivity contribution in [3.63, 3.8) is 0 Å². The number of hydrogen-bond acceptors (Lipinski definition) is 4. The van der Waals surface area contributed by atoms with E-state index in [0.717, 1.165) is 17.9 Å². The fraction of sp³-hybridized carbons (Fsp3) is 0.562. The second kappa shape index (κ2) is 6.61. The van der Waals surface area contributed by atoms with Crippen LogP contribution in [0.2, 0.25) is 0 Å². The number of ether oxygens (including phenoxy) is 1. The predicted molar refractivity (Wildman–Crippen MR) is 81.2 cm³/mol. The highest BCUT2D eigenvalue weighted by Gasteiger charge is 2.41. The molecule has 1 aliphatic carbocycles. The molecular formula is C16H19NO3S. The van der Waals surface area contributed by atoms with Crippen molar-refractivity contribution in [2.24, 2.45) is 5.92 Å². The molecule has 3 rings (SSSR count). The van der Waals surface area contributed by atoms with Crippen molar-refractivity contribution in [1.29, 1.82) is 0 Å². The third kappa shape index (κ3) is 3.65. The molecule has 1 saturated heterocycles. The second-order valence-electron chi connectivity index (χ2n) is 5.48. The van der Waals surface area contributed by atoms with Gasteiger partial charge in [0, 0.05) is 13.0 Å². The lowest BCUT2D eigenvalue weighted by Crippen LogP contribution is -2.41. The van der Waals surface area contributed by atoms with E-state index >= 15 is 0 Å². The van der Waals surface area contributed by atoms with E-state index in [4.69, 9.17) is 9.84 Å². The van der Waals surface area contributed by atoms with Crippen molar-refractivity contribution in [2.45, 2.75) is 37.8 Å². The summed E-state index contributed by atoms with van der Waals surface area (Å²) in [6, 6.07) is 3.81. The van der Waals surface area contributed by atoms with Gasteiger partial charge in [0.15, 0.2) is 0 Å². The lowest BCUT2D eigenvalue weighted by atomic mass is 10.1. The molecule has 2 aliphatic rings. The van der Waals surface area contributed by atoms with Gasteiger partial charge in [-0.15, -0.1) is 11.3 Å². The molecule has 0 aromatic carbocycles. The predicted octanol–water partition coefficient (Wildman–Crippen LogP) is 1.78. The van der Waals surface area contributed by atoms with Crippen LogP contribution in [0.5, 0.6) is 0 Å². The Bertz CT molecular complexity index is 568. The Morgan fingerprint density at radius 3 is 3.05 bits per heavy atom. The van der Waals surface area contributed by atoms with Gasteiger partial charge in [0.25, 0.3) is 5.91 Å². The molecule has 0 spiro atoms. The Morgan fingerprint density at radius 2 is 2.29 bits per heavy atom. The van der Waals surface area contributed by atoms with E-state index in [1.54, 1.807) is 0 Å². The van der Waals surface area contributed by atoms with E-state index in [-0.39, 0.29) is 24.7 Å². The maximum atomic E-state index is 12.3. The van der Waals surface area contributed by atoms with Crippen LogP contribution in [0.1, 0.15) is 40.2 Å².